The van der Waals surface area contributed by atoms with Gasteiger partial charge in [0.05, 0.1) is 19.8 Å². The maximum atomic E-state index is 13.3. The summed E-state index contributed by atoms with van der Waals surface area (Å²) in [6.07, 6.45) is 3.77. The van der Waals surface area contributed by atoms with Crippen LogP contribution >= 0.6 is 11.8 Å². The van der Waals surface area contributed by atoms with E-state index in [-0.39, 0.29) is 17.1 Å². The minimum atomic E-state index is -0.709. The number of unbranched alkanes of at least 4 members (excludes halogenated alkanes) is 1. The molecule has 8 heteroatoms. The molecule has 0 spiro atoms. The summed E-state index contributed by atoms with van der Waals surface area (Å²) in [7, 11) is 0. The van der Waals surface area contributed by atoms with E-state index in [0.29, 0.717) is 42.6 Å². The first kappa shape index (κ1) is 24.1. The van der Waals surface area contributed by atoms with E-state index in [4.69, 9.17) is 20.2 Å². The van der Waals surface area contributed by atoms with Crippen molar-refractivity contribution in [2.24, 2.45) is 5.73 Å². The Bertz CT molecular complexity index is 1060. The molecular weight excluding hydrogens is 429 g/mol. The van der Waals surface area contributed by atoms with Crippen LogP contribution in [0.2, 0.25) is 0 Å². The zero-order chi connectivity index (χ0) is 23.3. The van der Waals surface area contributed by atoms with Crippen LogP contribution in [-0.2, 0) is 23.3 Å². The highest BCUT2D eigenvalue weighted by Gasteiger charge is 2.34. The van der Waals surface area contributed by atoms with Crippen LogP contribution in [0.3, 0.4) is 0 Å². The van der Waals surface area contributed by atoms with Crippen molar-refractivity contribution in [1.29, 1.82) is 0 Å². The number of hydrogen-bond donors (Lipinski definition) is 1. The van der Waals surface area contributed by atoms with E-state index >= 15 is 0 Å². The highest BCUT2D eigenvalue weighted by atomic mass is 32.2. The van der Waals surface area contributed by atoms with Gasteiger partial charge in [-0.05, 0) is 38.0 Å². The Morgan fingerprint density at radius 1 is 1.41 bits per heavy atom. The number of fused-ring (bicyclic) bond motifs is 1. The van der Waals surface area contributed by atoms with Gasteiger partial charge in [0.25, 0.3) is 5.56 Å². The monoisotopic (exact) mass is 459 g/mol. The molecule has 0 unspecified atom stereocenters. The van der Waals surface area contributed by atoms with Crippen molar-refractivity contribution >= 4 is 16.7 Å². The molecule has 2 N–H and O–H groups in total. The predicted molar refractivity (Wildman–Crippen MR) is 127 cm³/mol. The van der Waals surface area contributed by atoms with Crippen LogP contribution in [0.15, 0.2) is 46.7 Å². The third kappa shape index (κ3) is 5.42. The molecule has 0 saturated carbocycles. The van der Waals surface area contributed by atoms with Crippen molar-refractivity contribution in [3.05, 3.63) is 75.2 Å². The van der Waals surface area contributed by atoms with Crippen molar-refractivity contribution in [2.45, 2.75) is 52.2 Å². The number of ether oxygens (including phenoxy) is 2. The number of nitrogens with two attached hydrogens (primary N) is 1. The second-order valence-corrected chi connectivity index (χ2v) is 9.31. The fraction of sp³-hybridized carbons (Fsp3) is 0.417. The fourth-order valence-electron chi connectivity index (χ4n) is 3.44. The number of rotatable bonds is 9. The van der Waals surface area contributed by atoms with E-state index < -0.39 is 5.60 Å². The van der Waals surface area contributed by atoms with Crippen molar-refractivity contribution in [3.8, 4) is 5.75 Å². The summed E-state index contributed by atoms with van der Waals surface area (Å²) >= 11 is 1.33. The van der Waals surface area contributed by atoms with Crippen molar-refractivity contribution in [2.75, 3.05) is 13.2 Å². The molecule has 2 aromatic rings. The number of benzene rings is 1. The summed E-state index contributed by atoms with van der Waals surface area (Å²) in [6, 6.07) is 6.25. The Kier molecular flexibility index (Phi) is 7.79. The normalized spacial score (nSPS) is 15.3. The lowest BCUT2D eigenvalue weighted by Gasteiger charge is -2.33. The Morgan fingerprint density at radius 2 is 2.12 bits per heavy atom. The molecule has 0 radical (unpaired) electrons. The molecule has 0 saturated heterocycles. The average Bonchev–Trinajstić information content (AvgIpc) is 2.76. The molecule has 1 aromatic carbocycles. The number of allylic oxidation sites excluding steroid dienone is 1. The zero-order valence-corrected chi connectivity index (χ0v) is 19.6. The lowest BCUT2D eigenvalue weighted by Crippen LogP contribution is -2.41. The summed E-state index contributed by atoms with van der Waals surface area (Å²) in [4.78, 5) is 19.5. The van der Waals surface area contributed by atoms with Crippen LogP contribution in [0.5, 0.6) is 5.75 Å². The molecule has 6 nitrogen and oxygen atoms in total. The lowest BCUT2D eigenvalue weighted by molar-refractivity contribution is -0.0566. The first-order valence-corrected chi connectivity index (χ1v) is 11.5. The van der Waals surface area contributed by atoms with Crippen LogP contribution in [0.4, 0.5) is 4.39 Å². The molecule has 0 aliphatic carbocycles. The van der Waals surface area contributed by atoms with Gasteiger partial charge in [-0.3, -0.25) is 9.36 Å². The Morgan fingerprint density at radius 3 is 2.78 bits per heavy atom. The van der Waals surface area contributed by atoms with Crippen molar-refractivity contribution in [1.82, 2.24) is 9.55 Å². The fourth-order valence-corrected chi connectivity index (χ4v) is 4.30. The van der Waals surface area contributed by atoms with E-state index in [1.165, 1.54) is 30.1 Å². The zero-order valence-electron chi connectivity index (χ0n) is 18.8. The first-order chi connectivity index (χ1) is 15.3. The largest absolute Gasteiger partial charge is 0.486 e. The van der Waals surface area contributed by atoms with E-state index in [9.17, 15) is 9.18 Å². The molecule has 0 amide bonds. The third-order valence-corrected chi connectivity index (χ3v) is 6.17. The maximum Gasteiger partial charge on any atom is 0.296 e. The molecule has 32 heavy (non-hydrogen) atoms. The predicted octanol–water partition coefficient (Wildman–Crippen LogP) is 4.57. The Hall–Kier alpha value is -2.58. The summed E-state index contributed by atoms with van der Waals surface area (Å²) in [5.74, 6) is 0.460. The molecule has 0 atom stereocenters. The summed E-state index contributed by atoms with van der Waals surface area (Å²) in [6.45, 7) is 11.3. The topological polar surface area (TPSA) is 79.4 Å². The van der Waals surface area contributed by atoms with Crippen molar-refractivity contribution < 1.29 is 13.9 Å². The summed E-state index contributed by atoms with van der Waals surface area (Å²) in [5, 5.41) is 0. The van der Waals surface area contributed by atoms with Crippen LogP contribution in [0, 0.1) is 5.82 Å². The van der Waals surface area contributed by atoms with Gasteiger partial charge in [0, 0.05) is 22.4 Å². The second kappa shape index (κ2) is 10.4. The van der Waals surface area contributed by atoms with Gasteiger partial charge < -0.3 is 15.2 Å². The summed E-state index contributed by atoms with van der Waals surface area (Å²) < 4.78 is 26.6. The number of aromatic nitrogens is 2. The van der Waals surface area contributed by atoms with E-state index in [0.717, 1.165) is 23.3 Å². The van der Waals surface area contributed by atoms with E-state index in [1.54, 1.807) is 16.7 Å². The van der Waals surface area contributed by atoms with E-state index in [1.807, 2.05) is 13.8 Å². The van der Waals surface area contributed by atoms with Crippen LogP contribution in [0.1, 0.15) is 50.7 Å². The molecular formula is C24H30FN3O3S. The van der Waals surface area contributed by atoms with Gasteiger partial charge in [-0.1, -0.05) is 43.8 Å². The van der Waals surface area contributed by atoms with Crippen LogP contribution in [0.25, 0.3) is 4.91 Å². The van der Waals surface area contributed by atoms with Gasteiger partial charge in [0.2, 0.25) is 5.75 Å². The lowest BCUT2D eigenvalue weighted by atomic mass is 10.1. The maximum absolute atomic E-state index is 13.3. The quantitative estimate of drug-likeness (QED) is 0.553. The number of hydrogen-bond acceptors (Lipinski definition) is 6. The second-order valence-electron chi connectivity index (χ2n) is 8.09. The Balaban J connectivity index is 1.94. The molecule has 1 aliphatic heterocycles. The summed E-state index contributed by atoms with van der Waals surface area (Å²) in [5.41, 5.74) is 6.24. The smallest absolute Gasteiger partial charge is 0.296 e. The minimum absolute atomic E-state index is 0.204. The number of halogens is 1. The Labute approximate surface area is 192 Å². The SMILES string of the molecule is C=C(S/C(=C\N)Cc1ccc(F)cc1)c1nc2n(c(=O)c1OCCCC)CCOC2(C)C. The molecule has 1 aromatic heterocycles. The highest BCUT2D eigenvalue weighted by molar-refractivity contribution is 8.11. The van der Waals surface area contributed by atoms with E-state index in [2.05, 4.69) is 13.5 Å². The van der Waals surface area contributed by atoms with Gasteiger partial charge in [-0.15, -0.1) is 0 Å². The van der Waals surface area contributed by atoms with Crippen molar-refractivity contribution in [3.63, 3.8) is 0 Å². The standard InChI is InChI=1S/C24H30FN3O3S/c1-5-6-12-30-21-20(27-23-24(3,4)31-13-11-28(23)22(21)29)16(2)32-19(15-26)14-17-7-9-18(25)10-8-17/h7-10,15H,2,5-6,11-14,26H2,1,3-4H3/b19-15-. The van der Waals surface area contributed by atoms with Crippen LogP contribution in [-0.4, -0.2) is 22.8 Å². The molecule has 1 aliphatic rings. The molecule has 172 valence electrons. The molecule has 0 fully saturated rings. The molecule has 3 rings (SSSR count). The number of thioether (sulfide) groups is 1. The minimum Gasteiger partial charge on any atom is -0.486 e. The molecule has 0 bridgehead atoms. The first-order valence-electron chi connectivity index (χ1n) is 10.7. The van der Waals surface area contributed by atoms with Gasteiger partial charge in [-0.25, -0.2) is 9.37 Å². The van der Waals surface area contributed by atoms with Crippen LogP contribution < -0.4 is 16.0 Å². The van der Waals surface area contributed by atoms with Gasteiger partial charge >= 0.3 is 0 Å². The van der Waals surface area contributed by atoms with Gasteiger partial charge in [0.1, 0.15) is 22.9 Å². The van der Waals surface area contributed by atoms with Gasteiger partial charge in [0.15, 0.2) is 0 Å². The highest BCUT2D eigenvalue weighted by Crippen LogP contribution is 2.37. The third-order valence-electron chi connectivity index (χ3n) is 5.18. The average molecular weight is 460 g/mol. The van der Waals surface area contributed by atoms with Gasteiger partial charge in [-0.2, -0.15) is 0 Å². The number of nitrogens with zero attached hydrogens (tertiary/aromatic N) is 2. The molecule has 2 heterocycles.